The first-order valence-corrected chi connectivity index (χ1v) is 13.6. The van der Waals surface area contributed by atoms with Gasteiger partial charge in [-0.25, -0.2) is 4.39 Å². The summed E-state index contributed by atoms with van der Waals surface area (Å²) in [6.45, 7) is 0.106. The molecule has 8 nitrogen and oxygen atoms in total. The predicted octanol–water partition coefficient (Wildman–Crippen LogP) is 3.57. The maximum Gasteiger partial charge on any atom is 0.246 e. The Hall–Kier alpha value is -3.72. The minimum atomic E-state index is -1.25. The van der Waals surface area contributed by atoms with Gasteiger partial charge >= 0.3 is 0 Å². The van der Waals surface area contributed by atoms with Crippen LogP contribution in [-0.2, 0) is 25.7 Å². The van der Waals surface area contributed by atoms with Crippen LogP contribution in [0, 0.1) is 17.7 Å². The highest BCUT2D eigenvalue weighted by atomic mass is 19.1. The molecule has 5 atom stereocenters. The first kappa shape index (κ1) is 25.6. The van der Waals surface area contributed by atoms with Gasteiger partial charge in [0.15, 0.2) is 0 Å². The van der Waals surface area contributed by atoms with Gasteiger partial charge in [-0.05, 0) is 54.8 Å². The molecule has 1 spiro atoms. The number of anilines is 1. The van der Waals surface area contributed by atoms with E-state index in [1.54, 1.807) is 55.7 Å². The van der Waals surface area contributed by atoms with Crippen molar-refractivity contribution in [2.75, 3.05) is 12.4 Å². The highest BCUT2D eigenvalue weighted by Gasteiger charge is 2.72. The zero-order valence-electron chi connectivity index (χ0n) is 21.8. The molecule has 2 bridgehead atoms. The summed E-state index contributed by atoms with van der Waals surface area (Å²) in [4.78, 5) is 43.0. The van der Waals surface area contributed by atoms with Crippen LogP contribution < -0.4 is 15.4 Å². The molecule has 3 amide bonds. The predicted molar refractivity (Wildman–Crippen MR) is 141 cm³/mol. The molecular weight excluding hydrogens is 501 g/mol. The summed E-state index contributed by atoms with van der Waals surface area (Å²) in [5, 5.41) is 6.08. The number of nitrogens with one attached hydrogen (secondary N) is 2. The van der Waals surface area contributed by atoms with E-state index >= 15 is 0 Å². The van der Waals surface area contributed by atoms with Crippen LogP contribution in [0.3, 0.4) is 0 Å². The van der Waals surface area contributed by atoms with E-state index in [4.69, 9.17) is 9.47 Å². The normalized spacial score (nSPS) is 29.4. The molecule has 3 fully saturated rings. The van der Waals surface area contributed by atoms with Crippen LogP contribution in [-0.4, -0.2) is 53.5 Å². The first-order chi connectivity index (χ1) is 18.9. The van der Waals surface area contributed by atoms with Crippen molar-refractivity contribution >= 4 is 23.4 Å². The van der Waals surface area contributed by atoms with Crippen molar-refractivity contribution in [3.63, 3.8) is 0 Å². The topological polar surface area (TPSA) is 97.0 Å². The molecule has 5 unspecified atom stereocenters. The Morgan fingerprint density at radius 1 is 1.05 bits per heavy atom. The number of hydrogen-bond donors (Lipinski definition) is 2. The summed E-state index contributed by atoms with van der Waals surface area (Å²) >= 11 is 0. The Labute approximate surface area is 226 Å². The van der Waals surface area contributed by atoms with E-state index in [0.29, 0.717) is 17.0 Å². The summed E-state index contributed by atoms with van der Waals surface area (Å²) in [7, 11) is 1.57. The maximum absolute atomic E-state index is 14.1. The lowest BCUT2D eigenvalue weighted by Gasteiger charge is -2.34. The van der Waals surface area contributed by atoms with Gasteiger partial charge in [0.25, 0.3) is 0 Å². The van der Waals surface area contributed by atoms with Crippen LogP contribution in [0.5, 0.6) is 5.75 Å². The lowest BCUT2D eigenvalue weighted by Crippen LogP contribution is -2.56. The van der Waals surface area contributed by atoms with Crippen LogP contribution >= 0.6 is 0 Å². The van der Waals surface area contributed by atoms with Crippen molar-refractivity contribution in [2.24, 2.45) is 11.8 Å². The number of benzene rings is 2. The Morgan fingerprint density at radius 2 is 1.77 bits per heavy atom. The van der Waals surface area contributed by atoms with Gasteiger partial charge in [-0.15, -0.1) is 0 Å². The van der Waals surface area contributed by atoms with Crippen LogP contribution in [0.2, 0.25) is 0 Å². The highest BCUT2D eigenvalue weighted by molar-refractivity contribution is 6.02. The number of nitrogens with zero attached hydrogens (tertiary/aromatic N) is 1. The molecular formula is C30H32FN3O5. The molecule has 3 heterocycles. The fraction of sp³-hybridized carbons (Fsp3) is 0.433. The molecule has 2 aromatic rings. The van der Waals surface area contributed by atoms with Crippen molar-refractivity contribution in [3.8, 4) is 5.75 Å². The minimum Gasteiger partial charge on any atom is -0.497 e. The van der Waals surface area contributed by atoms with E-state index < -0.39 is 29.6 Å². The van der Waals surface area contributed by atoms with Crippen molar-refractivity contribution < 1.29 is 28.2 Å². The number of fused-ring (bicyclic) bond motifs is 1. The van der Waals surface area contributed by atoms with Gasteiger partial charge in [0.1, 0.15) is 23.2 Å². The molecule has 0 aromatic heterocycles. The molecule has 0 radical (unpaired) electrons. The quantitative estimate of drug-likeness (QED) is 0.531. The lowest BCUT2D eigenvalue weighted by molar-refractivity contribution is -0.142. The molecule has 39 heavy (non-hydrogen) atoms. The third-order valence-electron chi connectivity index (χ3n) is 8.50. The van der Waals surface area contributed by atoms with Crippen LogP contribution in [0.1, 0.15) is 37.7 Å². The third kappa shape index (κ3) is 4.48. The van der Waals surface area contributed by atoms with Gasteiger partial charge in [-0.1, -0.05) is 43.5 Å². The van der Waals surface area contributed by atoms with Crippen LogP contribution in [0.15, 0.2) is 60.7 Å². The summed E-state index contributed by atoms with van der Waals surface area (Å²) < 4.78 is 25.2. The molecule has 4 aliphatic rings. The number of hydrogen-bond acceptors (Lipinski definition) is 5. The Kier molecular flexibility index (Phi) is 6.62. The molecule has 6 rings (SSSR count). The van der Waals surface area contributed by atoms with Crippen molar-refractivity contribution in [3.05, 3.63) is 72.1 Å². The van der Waals surface area contributed by atoms with Gasteiger partial charge in [0.05, 0.1) is 25.0 Å². The van der Waals surface area contributed by atoms with Crippen molar-refractivity contribution in [1.82, 2.24) is 10.2 Å². The summed E-state index contributed by atoms with van der Waals surface area (Å²) in [5.74, 6) is -2.31. The van der Waals surface area contributed by atoms with E-state index in [0.717, 1.165) is 32.1 Å². The highest BCUT2D eigenvalue weighted by Crippen LogP contribution is 2.55. The zero-order chi connectivity index (χ0) is 27.1. The smallest absolute Gasteiger partial charge is 0.246 e. The first-order valence-electron chi connectivity index (χ1n) is 13.6. The zero-order valence-corrected chi connectivity index (χ0v) is 21.8. The number of likely N-dealkylation sites (tertiary alicyclic amines) is 1. The van der Waals surface area contributed by atoms with Crippen LogP contribution in [0.4, 0.5) is 10.1 Å². The third-order valence-corrected chi connectivity index (χ3v) is 8.50. The SMILES string of the molecule is COc1ccc(NC(=O)C2C3C=CC4(O3)C2C(=O)N(Cc2ccc(F)cc2)C4C(=O)NC2CCCCC2)cc1. The Morgan fingerprint density at radius 3 is 2.46 bits per heavy atom. The molecule has 9 heteroatoms. The number of ether oxygens (including phenoxy) is 2. The van der Waals surface area contributed by atoms with E-state index in [2.05, 4.69) is 10.6 Å². The standard InChI is InChI=1S/C30H32FN3O5/c1-38-22-13-11-21(12-14-22)32-27(35)24-23-15-16-30(39-23)25(24)29(37)34(17-18-7-9-19(31)10-8-18)26(30)28(36)33-20-5-3-2-4-6-20/h7-16,20,23-26H,2-6,17H2,1H3,(H,32,35)(H,33,36). The molecule has 2 N–H and O–H groups in total. The maximum atomic E-state index is 14.1. The lowest BCUT2D eigenvalue weighted by atomic mass is 9.74. The number of methoxy groups -OCH3 is 1. The molecule has 1 aliphatic carbocycles. The van der Waals surface area contributed by atoms with Gasteiger partial charge in [-0.2, -0.15) is 0 Å². The van der Waals surface area contributed by atoms with Gasteiger partial charge in [-0.3, -0.25) is 14.4 Å². The minimum absolute atomic E-state index is 0.0428. The average Bonchev–Trinajstić information content (AvgIpc) is 3.58. The Balaban J connectivity index is 1.30. The average molecular weight is 534 g/mol. The molecule has 2 saturated heterocycles. The molecule has 2 aromatic carbocycles. The van der Waals surface area contributed by atoms with E-state index in [9.17, 15) is 18.8 Å². The molecule has 1 saturated carbocycles. The second kappa shape index (κ2) is 10.1. The molecule has 204 valence electrons. The fourth-order valence-electron chi connectivity index (χ4n) is 6.65. The van der Waals surface area contributed by atoms with Gasteiger partial charge in [0.2, 0.25) is 17.7 Å². The van der Waals surface area contributed by atoms with E-state index in [1.807, 2.05) is 0 Å². The number of carbonyl (C=O) groups is 3. The van der Waals surface area contributed by atoms with Gasteiger partial charge in [0, 0.05) is 18.3 Å². The van der Waals surface area contributed by atoms with Crippen molar-refractivity contribution in [2.45, 2.75) is 62.4 Å². The van der Waals surface area contributed by atoms with E-state index in [-0.39, 0.29) is 36.1 Å². The fourth-order valence-corrected chi connectivity index (χ4v) is 6.65. The second-order valence-electron chi connectivity index (χ2n) is 10.9. The monoisotopic (exact) mass is 533 g/mol. The summed E-state index contributed by atoms with van der Waals surface area (Å²) in [6, 6.07) is 11.9. The second-order valence-corrected chi connectivity index (χ2v) is 10.9. The number of carbonyl (C=O) groups excluding carboxylic acids is 3. The Bertz CT molecular complexity index is 1290. The molecule has 3 aliphatic heterocycles. The number of rotatable bonds is 7. The summed E-state index contributed by atoms with van der Waals surface area (Å²) in [5.41, 5.74) is 0.0128. The van der Waals surface area contributed by atoms with Crippen molar-refractivity contribution in [1.29, 1.82) is 0 Å². The van der Waals surface area contributed by atoms with Gasteiger partial charge < -0.3 is 25.0 Å². The van der Waals surface area contributed by atoms with Crippen LogP contribution in [0.25, 0.3) is 0 Å². The summed E-state index contributed by atoms with van der Waals surface area (Å²) in [6.07, 6.45) is 8.02. The number of amides is 3. The van der Waals surface area contributed by atoms with E-state index in [1.165, 1.54) is 17.0 Å². The number of halogens is 1. The largest absolute Gasteiger partial charge is 0.497 e.